The first-order valence-corrected chi connectivity index (χ1v) is 7.17. The SMILES string of the molecule is Cc1ccccc1NC(=O)c1nn(-c2ccccc2)ccc1=O. The normalized spacial score (nSPS) is 10.3. The Hall–Kier alpha value is -3.21. The van der Waals surface area contributed by atoms with Gasteiger partial charge in [0.05, 0.1) is 5.69 Å². The summed E-state index contributed by atoms with van der Waals surface area (Å²) < 4.78 is 1.51. The fraction of sp³-hybridized carbons (Fsp3) is 0.0556. The lowest BCUT2D eigenvalue weighted by Gasteiger charge is -2.09. The van der Waals surface area contributed by atoms with Gasteiger partial charge in [0.25, 0.3) is 5.91 Å². The lowest BCUT2D eigenvalue weighted by Crippen LogP contribution is -2.25. The molecule has 3 rings (SSSR count). The van der Waals surface area contributed by atoms with Crippen LogP contribution in [0.3, 0.4) is 0 Å². The summed E-state index contributed by atoms with van der Waals surface area (Å²) in [6.07, 6.45) is 1.54. The van der Waals surface area contributed by atoms with Crippen LogP contribution >= 0.6 is 0 Å². The number of nitrogens with one attached hydrogen (secondary N) is 1. The molecule has 23 heavy (non-hydrogen) atoms. The Balaban J connectivity index is 1.95. The lowest BCUT2D eigenvalue weighted by atomic mass is 10.2. The van der Waals surface area contributed by atoms with Gasteiger partial charge in [-0.1, -0.05) is 36.4 Å². The molecular formula is C18H15N3O2. The van der Waals surface area contributed by atoms with Crippen molar-refractivity contribution in [3.8, 4) is 5.69 Å². The molecular weight excluding hydrogens is 290 g/mol. The van der Waals surface area contributed by atoms with Crippen molar-refractivity contribution in [3.05, 3.63) is 88.3 Å². The molecule has 1 heterocycles. The van der Waals surface area contributed by atoms with Crippen LogP contribution in [-0.4, -0.2) is 15.7 Å². The van der Waals surface area contributed by atoms with Crippen LogP contribution in [0, 0.1) is 6.92 Å². The highest BCUT2D eigenvalue weighted by molar-refractivity contribution is 6.03. The van der Waals surface area contributed by atoms with Gasteiger partial charge >= 0.3 is 0 Å². The van der Waals surface area contributed by atoms with Crippen LogP contribution in [0.25, 0.3) is 5.69 Å². The molecule has 0 unspecified atom stereocenters. The van der Waals surface area contributed by atoms with Crippen LogP contribution in [0.5, 0.6) is 0 Å². The van der Waals surface area contributed by atoms with Gasteiger partial charge in [-0.15, -0.1) is 0 Å². The van der Waals surface area contributed by atoms with E-state index in [9.17, 15) is 9.59 Å². The molecule has 0 aliphatic heterocycles. The number of para-hydroxylation sites is 2. The zero-order valence-electron chi connectivity index (χ0n) is 12.6. The number of carbonyl (C=O) groups excluding carboxylic acids is 1. The summed E-state index contributed by atoms with van der Waals surface area (Å²) in [5, 5.41) is 6.89. The number of aromatic nitrogens is 2. The first kappa shape index (κ1) is 14.7. The molecule has 0 bridgehead atoms. The van der Waals surface area contributed by atoms with Gasteiger partial charge in [0.2, 0.25) is 5.43 Å². The Kier molecular flexibility index (Phi) is 4.01. The minimum Gasteiger partial charge on any atom is -0.320 e. The Bertz CT molecular complexity index is 901. The monoisotopic (exact) mass is 305 g/mol. The fourth-order valence-corrected chi connectivity index (χ4v) is 2.18. The number of hydrogen-bond acceptors (Lipinski definition) is 3. The highest BCUT2D eigenvalue weighted by Gasteiger charge is 2.14. The van der Waals surface area contributed by atoms with Crippen molar-refractivity contribution in [2.45, 2.75) is 6.92 Å². The van der Waals surface area contributed by atoms with Crippen molar-refractivity contribution in [2.24, 2.45) is 0 Å². The molecule has 0 saturated carbocycles. The standard InChI is InChI=1S/C18H15N3O2/c1-13-7-5-6-10-15(13)19-18(23)17-16(22)11-12-21(20-17)14-8-3-2-4-9-14/h2-12H,1H3,(H,19,23). The molecule has 5 heteroatoms. The summed E-state index contributed by atoms with van der Waals surface area (Å²) >= 11 is 0. The van der Waals surface area contributed by atoms with E-state index in [4.69, 9.17) is 0 Å². The van der Waals surface area contributed by atoms with Crippen LogP contribution in [0.1, 0.15) is 16.1 Å². The maximum atomic E-state index is 12.4. The van der Waals surface area contributed by atoms with E-state index < -0.39 is 11.3 Å². The van der Waals surface area contributed by atoms with Gasteiger partial charge in [0, 0.05) is 18.0 Å². The van der Waals surface area contributed by atoms with Gasteiger partial charge in [-0.05, 0) is 30.7 Å². The van der Waals surface area contributed by atoms with E-state index in [-0.39, 0.29) is 5.69 Å². The Labute approximate surface area is 133 Å². The average molecular weight is 305 g/mol. The van der Waals surface area contributed by atoms with Crippen molar-refractivity contribution >= 4 is 11.6 Å². The zero-order valence-corrected chi connectivity index (χ0v) is 12.6. The number of carbonyl (C=O) groups is 1. The Morgan fingerprint density at radius 1 is 1.00 bits per heavy atom. The number of rotatable bonds is 3. The van der Waals surface area contributed by atoms with Gasteiger partial charge in [-0.3, -0.25) is 9.59 Å². The molecule has 0 atom stereocenters. The predicted molar refractivity (Wildman–Crippen MR) is 89.0 cm³/mol. The van der Waals surface area contributed by atoms with Crippen LogP contribution in [0.4, 0.5) is 5.69 Å². The molecule has 1 N–H and O–H groups in total. The summed E-state index contributed by atoms with van der Waals surface area (Å²) in [6, 6.07) is 18.0. The van der Waals surface area contributed by atoms with Crippen molar-refractivity contribution < 1.29 is 4.79 Å². The molecule has 0 aliphatic carbocycles. The molecule has 0 spiro atoms. The van der Waals surface area contributed by atoms with Gasteiger partial charge in [-0.2, -0.15) is 5.10 Å². The van der Waals surface area contributed by atoms with Crippen molar-refractivity contribution in [3.63, 3.8) is 0 Å². The number of benzene rings is 2. The third kappa shape index (κ3) is 3.18. The highest BCUT2D eigenvalue weighted by atomic mass is 16.2. The maximum Gasteiger partial charge on any atom is 0.280 e. The topological polar surface area (TPSA) is 64.0 Å². The van der Waals surface area contributed by atoms with E-state index in [0.29, 0.717) is 5.69 Å². The number of anilines is 1. The first-order chi connectivity index (χ1) is 11.1. The Morgan fingerprint density at radius 3 is 2.43 bits per heavy atom. The summed E-state index contributed by atoms with van der Waals surface area (Å²) in [5.41, 5.74) is 1.80. The average Bonchev–Trinajstić information content (AvgIpc) is 2.58. The van der Waals surface area contributed by atoms with E-state index in [1.165, 1.54) is 10.7 Å². The maximum absolute atomic E-state index is 12.4. The second-order valence-electron chi connectivity index (χ2n) is 5.08. The number of amides is 1. The fourth-order valence-electron chi connectivity index (χ4n) is 2.18. The Morgan fingerprint density at radius 2 is 1.70 bits per heavy atom. The molecule has 114 valence electrons. The molecule has 1 aromatic heterocycles. The number of hydrogen-bond donors (Lipinski definition) is 1. The molecule has 3 aromatic rings. The quantitative estimate of drug-likeness (QED) is 0.809. The molecule has 1 amide bonds. The predicted octanol–water partition coefficient (Wildman–Crippen LogP) is 2.79. The van der Waals surface area contributed by atoms with Crippen molar-refractivity contribution in [2.75, 3.05) is 5.32 Å². The van der Waals surface area contributed by atoms with E-state index in [0.717, 1.165) is 11.3 Å². The summed E-state index contributed by atoms with van der Waals surface area (Å²) in [7, 11) is 0. The van der Waals surface area contributed by atoms with E-state index in [1.807, 2.05) is 55.5 Å². The van der Waals surface area contributed by atoms with Crippen LogP contribution in [0.15, 0.2) is 71.7 Å². The summed E-state index contributed by atoms with van der Waals surface area (Å²) in [5.74, 6) is -0.519. The van der Waals surface area contributed by atoms with Gasteiger partial charge < -0.3 is 5.32 Å². The van der Waals surface area contributed by atoms with E-state index >= 15 is 0 Å². The summed E-state index contributed by atoms with van der Waals surface area (Å²) in [4.78, 5) is 24.4. The van der Waals surface area contributed by atoms with Crippen LogP contribution in [-0.2, 0) is 0 Å². The number of nitrogens with zero attached hydrogens (tertiary/aromatic N) is 2. The third-order valence-corrected chi connectivity index (χ3v) is 3.44. The molecule has 0 fully saturated rings. The van der Waals surface area contributed by atoms with Crippen LogP contribution in [0.2, 0.25) is 0 Å². The molecule has 5 nitrogen and oxygen atoms in total. The van der Waals surface area contributed by atoms with E-state index in [2.05, 4.69) is 10.4 Å². The second-order valence-corrected chi connectivity index (χ2v) is 5.08. The minimum absolute atomic E-state index is 0.139. The zero-order chi connectivity index (χ0) is 16.2. The lowest BCUT2D eigenvalue weighted by molar-refractivity contribution is 0.101. The van der Waals surface area contributed by atoms with Gasteiger partial charge in [0.1, 0.15) is 0 Å². The molecule has 0 radical (unpaired) electrons. The largest absolute Gasteiger partial charge is 0.320 e. The highest BCUT2D eigenvalue weighted by Crippen LogP contribution is 2.13. The third-order valence-electron chi connectivity index (χ3n) is 3.44. The molecule has 0 aliphatic rings. The minimum atomic E-state index is -0.519. The van der Waals surface area contributed by atoms with Crippen molar-refractivity contribution in [1.29, 1.82) is 0 Å². The van der Waals surface area contributed by atoms with Gasteiger partial charge in [0.15, 0.2) is 5.69 Å². The van der Waals surface area contributed by atoms with Crippen molar-refractivity contribution in [1.82, 2.24) is 9.78 Å². The van der Waals surface area contributed by atoms with Crippen LogP contribution < -0.4 is 10.7 Å². The number of aryl methyl sites for hydroxylation is 1. The smallest absolute Gasteiger partial charge is 0.280 e. The molecule has 2 aromatic carbocycles. The first-order valence-electron chi connectivity index (χ1n) is 7.17. The molecule has 0 saturated heterocycles. The van der Waals surface area contributed by atoms with E-state index in [1.54, 1.807) is 12.3 Å². The van der Waals surface area contributed by atoms with Gasteiger partial charge in [-0.25, -0.2) is 4.68 Å². The second kappa shape index (κ2) is 6.27. The summed E-state index contributed by atoms with van der Waals surface area (Å²) in [6.45, 7) is 1.89.